The zero-order valence-corrected chi connectivity index (χ0v) is 26.8. The monoisotopic (exact) mass is 634 g/mol. The number of benzene rings is 3. The van der Waals surface area contributed by atoms with Gasteiger partial charge in [0, 0.05) is 56.7 Å². The average molecular weight is 635 g/mol. The molecule has 11 heteroatoms. The number of methoxy groups -OCH3 is 1. The molecule has 6 rings (SSSR count). The molecule has 0 radical (unpaired) electrons. The highest BCUT2D eigenvalue weighted by Gasteiger charge is 2.51. The Hall–Kier alpha value is -4.41. The summed E-state index contributed by atoms with van der Waals surface area (Å²) in [4.78, 5) is 51.5. The molecule has 2 unspecified atom stereocenters. The van der Waals surface area contributed by atoms with Gasteiger partial charge in [0.1, 0.15) is 28.4 Å². The number of rotatable bonds is 4. The summed E-state index contributed by atoms with van der Waals surface area (Å²) < 4.78 is 35.2. The second kappa shape index (κ2) is 10.3. The van der Waals surface area contributed by atoms with Crippen LogP contribution in [-0.2, 0) is 31.0 Å². The van der Waals surface area contributed by atoms with Gasteiger partial charge in [0.25, 0.3) is 0 Å². The highest BCUT2D eigenvalue weighted by Crippen LogP contribution is 2.57. The molecule has 2 bridgehead atoms. The van der Waals surface area contributed by atoms with Crippen LogP contribution in [-0.4, -0.2) is 36.6 Å². The fourth-order valence-corrected chi connectivity index (χ4v) is 6.89. The molecule has 2 heterocycles. The van der Waals surface area contributed by atoms with Crippen molar-refractivity contribution in [3.8, 4) is 28.7 Å². The van der Waals surface area contributed by atoms with Gasteiger partial charge in [-0.05, 0) is 41.3 Å². The summed E-state index contributed by atoms with van der Waals surface area (Å²) in [5.41, 5.74) is 2.91. The number of carbonyl (C=O) groups excluding carboxylic acids is 4. The highest BCUT2D eigenvalue weighted by atomic mass is 35.5. The van der Waals surface area contributed by atoms with E-state index in [4.69, 9.17) is 40.0 Å². The maximum absolute atomic E-state index is 14.7. The minimum atomic E-state index is -1.08. The van der Waals surface area contributed by atoms with E-state index in [0.717, 1.165) is 11.1 Å². The summed E-state index contributed by atoms with van der Waals surface area (Å²) in [5, 5.41) is -0.222. The van der Waals surface area contributed by atoms with Gasteiger partial charge in [0.05, 0.1) is 18.2 Å². The highest BCUT2D eigenvalue weighted by molar-refractivity contribution is 6.35. The number of aryl methyl sites for hydroxylation is 1. The lowest BCUT2D eigenvalue weighted by Crippen LogP contribution is -2.47. The van der Waals surface area contributed by atoms with Gasteiger partial charge in [-0.15, -0.1) is 0 Å². The fraction of sp³-hybridized carbons (Fsp3) is 0.353. The minimum absolute atomic E-state index is 0.00758. The zero-order chi connectivity index (χ0) is 32.7. The number of hydrogen-bond donors (Lipinski definition) is 0. The van der Waals surface area contributed by atoms with Crippen molar-refractivity contribution in [2.24, 2.45) is 0 Å². The molecule has 1 aliphatic carbocycles. The molecule has 0 saturated carbocycles. The van der Waals surface area contributed by atoms with Crippen molar-refractivity contribution in [2.75, 3.05) is 7.11 Å². The third-order valence-electron chi connectivity index (χ3n) is 8.43. The van der Waals surface area contributed by atoms with E-state index in [1.54, 1.807) is 13.2 Å². The maximum atomic E-state index is 14.7. The van der Waals surface area contributed by atoms with Gasteiger partial charge in [0.15, 0.2) is 11.5 Å². The predicted octanol–water partition coefficient (Wildman–Crippen LogP) is 6.07. The van der Waals surface area contributed by atoms with Gasteiger partial charge in [-0.1, -0.05) is 31.5 Å². The summed E-state index contributed by atoms with van der Waals surface area (Å²) in [6, 6.07) is 7.05. The third-order valence-corrected chi connectivity index (χ3v) is 8.78. The standard InChI is InChI=1S/C34H31ClO10/c1-14-9-19(40-8)11-22-24(14)31-25-18(13-34(7,44-22)45-31)10-20-26(30(25)42-16(3)37)29(39)27-21(33(20,5)6)12-23(41-15(2)36)28(35)32(27)43-17(4)38/h9-12,31H,13H2,1-8H3. The summed E-state index contributed by atoms with van der Waals surface area (Å²) >= 11 is 6.61. The van der Waals surface area contributed by atoms with Gasteiger partial charge in [-0.3, -0.25) is 19.2 Å². The third kappa shape index (κ3) is 4.74. The molecule has 10 nitrogen and oxygen atoms in total. The van der Waals surface area contributed by atoms with Gasteiger partial charge in [-0.2, -0.15) is 0 Å². The van der Waals surface area contributed by atoms with E-state index in [2.05, 4.69) is 0 Å². The van der Waals surface area contributed by atoms with Crippen LogP contribution in [0.5, 0.6) is 28.7 Å². The van der Waals surface area contributed by atoms with Crippen LogP contribution in [0.25, 0.3) is 0 Å². The Labute approximate surface area is 264 Å². The predicted molar refractivity (Wildman–Crippen MR) is 161 cm³/mol. The van der Waals surface area contributed by atoms with Crippen LogP contribution in [0.15, 0.2) is 24.3 Å². The number of hydrogen-bond acceptors (Lipinski definition) is 10. The lowest BCUT2D eigenvalue weighted by molar-refractivity contribution is -0.216. The Balaban J connectivity index is 1.68. The molecular formula is C34H31ClO10. The molecule has 0 spiro atoms. The molecule has 0 amide bonds. The van der Waals surface area contributed by atoms with Crippen LogP contribution in [0, 0.1) is 6.92 Å². The Morgan fingerprint density at radius 1 is 0.867 bits per heavy atom. The summed E-state index contributed by atoms with van der Waals surface area (Å²) in [5.74, 6) is -2.80. The van der Waals surface area contributed by atoms with Crippen molar-refractivity contribution < 1.29 is 47.6 Å². The second-order valence-corrected chi connectivity index (χ2v) is 12.5. The van der Waals surface area contributed by atoms with Crippen LogP contribution < -0.4 is 23.7 Å². The van der Waals surface area contributed by atoms with E-state index in [1.807, 2.05) is 39.8 Å². The fourth-order valence-electron chi connectivity index (χ4n) is 6.66. The van der Waals surface area contributed by atoms with E-state index >= 15 is 0 Å². The molecule has 234 valence electrons. The van der Waals surface area contributed by atoms with Gasteiger partial charge < -0.3 is 28.4 Å². The Kier molecular flexibility index (Phi) is 7.02. The molecule has 0 saturated heterocycles. The summed E-state index contributed by atoms with van der Waals surface area (Å²) in [6.45, 7) is 11.1. The molecule has 45 heavy (non-hydrogen) atoms. The molecule has 3 aromatic rings. The summed E-state index contributed by atoms with van der Waals surface area (Å²) in [7, 11) is 1.57. The molecule has 2 atom stereocenters. The van der Waals surface area contributed by atoms with E-state index in [0.29, 0.717) is 33.8 Å². The first-order valence-corrected chi connectivity index (χ1v) is 14.7. The maximum Gasteiger partial charge on any atom is 0.308 e. The molecule has 0 N–H and O–H groups in total. The Bertz CT molecular complexity index is 1870. The number of fused-ring (bicyclic) bond motifs is 8. The molecule has 0 aromatic heterocycles. The average Bonchev–Trinajstić information content (AvgIpc) is 2.91. The number of esters is 3. The van der Waals surface area contributed by atoms with Crippen molar-refractivity contribution in [3.05, 3.63) is 73.8 Å². The summed E-state index contributed by atoms with van der Waals surface area (Å²) in [6.07, 6.45) is -0.487. The molecule has 3 aliphatic rings. The number of halogens is 1. The van der Waals surface area contributed by atoms with Crippen molar-refractivity contribution in [3.63, 3.8) is 0 Å². The van der Waals surface area contributed by atoms with Crippen molar-refractivity contribution in [1.29, 1.82) is 0 Å². The largest absolute Gasteiger partial charge is 0.497 e. The van der Waals surface area contributed by atoms with E-state index < -0.39 is 41.0 Å². The Morgan fingerprint density at radius 2 is 1.47 bits per heavy atom. The Morgan fingerprint density at radius 3 is 2.09 bits per heavy atom. The molecular weight excluding hydrogens is 604 g/mol. The number of ketones is 1. The smallest absolute Gasteiger partial charge is 0.308 e. The van der Waals surface area contributed by atoms with Crippen molar-refractivity contribution in [2.45, 2.75) is 72.2 Å². The van der Waals surface area contributed by atoms with E-state index in [9.17, 15) is 19.2 Å². The van der Waals surface area contributed by atoms with Crippen LogP contribution in [0.1, 0.15) is 96.9 Å². The lowest BCUT2D eigenvalue weighted by atomic mass is 9.66. The van der Waals surface area contributed by atoms with E-state index in [1.165, 1.54) is 26.8 Å². The molecule has 3 aromatic carbocycles. The van der Waals surface area contributed by atoms with Crippen LogP contribution in [0.4, 0.5) is 0 Å². The van der Waals surface area contributed by atoms with Crippen LogP contribution in [0.3, 0.4) is 0 Å². The van der Waals surface area contributed by atoms with E-state index in [-0.39, 0.29) is 39.8 Å². The minimum Gasteiger partial charge on any atom is -0.497 e. The lowest BCUT2D eigenvalue weighted by Gasteiger charge is -2.47. The van der Waals surface area contributed by atoms with Gasteiger partial charge in [0.2, 0.25) is 11.6 Å². The van der Waals surface area contributed by atoms with Crippen molar-refractivity contribution >= 4 is 35.3 Å². The van der Waals surface area contributed by atoms with Gasteiger partial charge in [-0.25, -0.2) is 0 Å². The first kappa shape index (κ1) is 30.6. The molecule has 2 aliphatic heterocycles. The molecule has 0 fully saturated rings. The second-order valence-electron chi connectivity index (χ2n) is 12.1. The quantitative estimate of drug-likeness (QED) is 0.247. The van der Waals surface area contributed by atoms with Crippen LogP contribution in [0.2, 0.25) is 5.02 Å². The first-order valence-electron chi connectivity index (χ1n) is 14.3. The number of carbonyl (C=O) groups is 4. The van der Waals surface area contributed by atoms with Crippen LogP contribution >= 0.6 is 11.6 Å². The normalized spacial score (nSPS) is 20.0. The zero-order valence-electron chi connectivity index (χ0n) is 26.1. The SMILES string of the molecule is COc1cc(C)c2c(c1)OC1(C)Cc3cc4c(c(OC(C)=O)c3C2O1)C(=O)c1c(cc(OC(C)=O)c(Cl)c1OC(C)=O)C4(C)C. The van der Waals surface area contributed by atoms with Gasteiger partial charge >= 0.3 is 17.9 Å². The first-order chi connectivity index (χ1) is 21.1. The topological polar surface area (TPSA) is 124 Å². The number of ether oxygens (including phenoxy) is 6. The van der Waals surface area contributed by atoms with Crippen molar-refractivity contribution in [1.82, 2.24) is 0 Å².